The molecule has 0 spiro atoms. The van der Waals surface area contributed by atoms with Crippen molar-refractivity contribution in [1.29, 1.82) is 0 Å². The minimum atomic E-state index is -0.208. The number of fused-ring (bicyclic) bond motifs is 1. The molecule has 1 aliphatic carbocycles. The highest BCUT2D eigenvalue weighted by Crippen LogP contribution is 2.32. The highest BCUT2D eigenvalue weighted by Gasteiger charge is 2.26. The molecule has 31 heavy (non-hydrogen) atoms. The number of benzene rings is 2. The molecule has 3 aromatic rings. The van der Waals surface area contributed by atoms with E-state index in [1.165, 1.54) is 17.4 Å². The van der Waals surface area contributed by atoms with Crippen molar-refractivity contribution in [3.05, 3.63) is 70.0 Å². The summed E-state index contributed by atoms with van der Waals surface area (Å²) >= 11 is 0. The number of aliphatic imine (C=N–C) groups is 1. The lowest BCUT2D eigenvalue weighted by Crippen LogP contribution is -2.27. The zero-order valence-electron chi connectivity index (χ0n) is 18.4. The number of pyridine rings is 1. The Labute approximate surface area is 183 Å². The zero-order chi connectivity index (χ0) is 22.0. The number of hydrogen-bond donors (Lipinski definition) is 1. The van der Waals surface area contributed by atoms with E-state index < -0.39 is 0 Å². The third-order valence-electron chi connectivity index (χ3n) is 6.75. The van der Waals surface area contributed by atoms with Crippen molar-refractivity contribution in [1.82, 2.24) is 4.57 Å². The van der Waals surface area contributed by atoms with Gasteiger partial charge in [-0.2, -0.15) is 0 Å². The highest BCUT2D eigenvalue weighted by molar-refractivity contribution is 6.01. The minimum Gasteiger partial charge on any atom is -0.497 e. The van der Waals surface area contributed by atoms with Crippen LogP contribution in [0.15, 0.2) is 58.3 Å². The van der Waals surface area contributed by atoms with E-state index >= 15 is 0 Å². The van der Waals surface area contributed by atoms with Crippen LogP contribution >= 0.6 is 0 Å². The van der Waals surface area contributed by atoms with Crippen LogP contribution in [0, 0.1) is 11.8 Å². The smallest absolute Gasteiger partial charge is 0.261 e. The van der Waals surface area contributed by atoms with Gasteiger partial charge in [-0.05, 0) is 42.0 Å². The number of nitrogens with zero attached hydrogens (tertiary/aromatic N) is 2. The van der Waals surface area contributed by atoms with Gasteiger partial charge in [0, 0.05) is 17.0 Å². The van der Waals surface area contributed by atoms with Gasteiger partial charge in [-0.1, -0.05) is 57.0 Å². The molecular weight excluding hydrogens is 388 g/mol. The molecule has 0 saturated heterocycles. The Morgan fingerprint density at radius 3 is 2.52 bits per heavy atom. The first kappa shape index (κ1) is 21.2. The Kier molecular flexibility index (Phi) is 6.12. The molecule has 0 radical (unpaired) electrons. The lowest BCUT2D eigenvalue weighted by molar-refractivity contribution is 0.242. The molecule has 1 N–H and O–H groups in total. The molecular formula is C26H30N2O3. The lowest BCUT2D eigenvalue weighted by Gasteiger charge is -2.31. The van der Waals surface area contributed by atoms with E-state index in [1.54, 1.807) is 13.3 Å². The summed E-state index contributed by atoms with van der Waals surface area (Å²) < 4.78 is 6.64. The van der Waals surface area contributed by atoms with Crippen molar-refractivity contribution in [2.45, 2.75) is 45.7 Å². The minimum absolute atomic E-state index is 0.0419. The van der Waals surface area contributed by atoms with Crippen molar-refractivity contribution in [2.75, 3.05) is 7.11 Å². The van der Waals surface area contributed by atoms with E-state index in [9.17, 15) is 9.90 Å². The van der Waals surface area contributed by atoms with Crippen molar-refractivity contribution in [3.63, 3.8) is 0 Å². The Morgan fingerprint density at radius 2 is 1.81 bits per heavy atom. The van der Waals surface area contributed by atoms with Crippen LogP contribution in [0.4, 0.5) is 0 Å². The largest absolute Gasteiger partial charge is 0.497 e. The third kappa shape index (κ3) is 4.22. The fraction of sp³-hybridized carbons (Fsp3) is 0.385. The third-order valence-corrected chi connectivity index (χ3v) is 6.75. The van der Waals surface area contributed by atoms with Crippen molar-refractivity contribution in [2.24, 2.45) is 16.8 Å². The normalized spacial score (nSPS) is 21.6. The van der Waals surface area contributed by atoms with E-state index in [0.717, 1.165) is 23.1 Å². The zero-order valence-corrected chi connectivity index (χ0v) is 18.4. The van der Waals surface area contributed by atoms with Crippen LogP contribution in [-0.2, 0) is 6.54 Å². The van der Waals surface area contributed by atoms with Gasteiger partial charge in [-0.15, -0.1) is 0 Å². The average Bonchev–Trinajstić information content (AvgIpc) is 2.79. The summed E-state index contributed by atoms with van der Waals surface area (Å²) in [6, 6.07) is 15.2. The Balaban J connectivity index is 1.77. The van der Waals surface area contributed by atoms with Gasteiger partial charge in [-0.3, -0.25) is 14.4 Å². The number of aromatic nitrogens is 1. The van der Waals surface area contributed by atoms with Crippen LogP contribution in [0.1, 0.15) is 44.2 Å². The number of hydrogen-bond acceptors (Lipinski definition) is 4. The second-order valence-corrected chi connectivity index (χ2v) is 8.64. The van der Waals surface area contributed by atoms with E-state index in [1.807, 2.05) is 48.5 Å². The van der Waals surface area contributed by atoms with Gasteiger partial charge in [0.05, 0.1) is 25.3 Å². The fourth-order valence-corrected chi connectivity index (χ4v) is 4.53. The van der Waals surface area contributed by atoms with Crippen molar-refractivity contribution >= 4 is 17.0 Å². The van der Waals surface area contributed by atoms with Crippen LogP contribution in [0.3, 0.4) is 0 Å². The van der Waals surface area contributed by atoms with Crippen molar-refractivity contribution < 1.29 is 9.84 Å². The first-order valence-corrected chi connectivity index (χ1v) is 11.0. The number of methoxy groups -OCH3 is 1. The summed E-state index contributed by atoms with van der Waals surface area (Å²) in [6.07, 6.45) is 5.26. The van der Waals surface area contributed by atoms with Gasteiger partial charge in [0.15, 0.2) is 0 Å². The Hall–Kier alpha value is -3.08. The molecule has 0 amide bonds. The van der Waals surface area contributed by atoms with Crippen LogP contribution in [-0.4, -0.2) is 29.0 Å². The maximum Gasteiger partial charge on any atom is 0.261 e. The van der Waals surface area contributed by atoms with Crippen LogP contribution in [0.2, 0.25) is 0 Å². The quantitative estimate of drug-likeness (QED) is 0.593. The highest BCUT2D eigenvalue weighted by atomic mass is 16.5. The second kappa shape index (κ2) is 8.96. The Bertz CT molecular complexity index is 1150. The van der Waals surface area contributed by atoms with Gasteiger partial charge in [0.2, 0.25) is 5.88 Å². The Morgan fingerprint density at radius 1 is 1.10 bits per heavy atom. The van der Waals surface area contributed by atoms with Crippen LogP contribution in [0.25, 0.3) is 10.8 Å². The SMILES string of the molecule is COc1ccc(Cn2c(O)c(C=N[C@@H]3CCC[C@@H](C)[C@H]3C)c3ccccc3c2=O)cc1. The van der Waals surface area contributed by atoms with Crippen molar-refractivity contribution in [3.8, 4) is 11.6 Å². The molecule has 0 unspecified atom stereocenters. The molecule has 4 rings (SSSR count). The maximum absolute atomic E-state index is 13.2. The predicted octanol–water partition coefficient (Wildman–Crippen LogP) is 5.01. The van der Waals surface area contributed by atoms with E-state index in [2.05, 4.69) is 13.8 Å². The van der Waals surface area contributed by atoms with Crippen LogP contribution < -0.4 is 10.3 Å². The molecule has 5 heteroatoms. The summed E-state index contributed by atoms with van der Waals surface area (Å²) in [4.78, 5) is 18.0. The predicted molar refractivity (Wildman–Crippen MR) is 126 cm³/mol. The number of ether oxygens (including phenoxy) is 1. The first-order valence-electron chi connectivity index (χ1n) is 11.0. The van der Waals surface area contributed by atoms with E-state index in [0.29, 0.717) is 22.8 Å². The molecule has 1 saturated carbocycles. The molecule has 1 fully saturated rings. The molecule has 5 nitrogen and oxygen atoms in total. The summed E-state index contributed by atoms with van der Waals surface area (Å²) in [5.74, 6) is 1.86. The number of aromatic hydroxyl groups is 1. The molecule has 1 heterocycles. The maximum atomic E-state index is 13.2. The molecule has 3 atom stereocenters. The van der Waals surface area contributed by atoms with Gasteiger partial charge in [0.25, 0.3) is 5.56 Å². The molecule has 1 aromatic heterocycles. The van der Waals surface area contributed by atoms with Gasteiger partial charge in [0.1, 0.15) is 5.75 Å². The summed E-state index contributed by atoms with van der Waals surface area (Å²) in [5, 5.41) is 12.4. The molecule has 162 valence electrons. The van der Waals surface area contributed by atoms with Gasteiger partial charge >= 0.3 is 0 Å². The summed E-state index contributed by atoms with van der Waals surface area (Å²) in [5.41, 5.74) is 1.31. The van der Waals surface area contributed by atoms with E-state index in [4.69, 9.17) is 9.73 Å². The molecule has 0 bridgehead atoms. The average molecular weight is 419 g/mol. The fourth-order valence-electron chi connectivity index (χ4n) is 4.53. The summed E-state index contributed by atoms with van der Waals surface area (Å²) in [6.45, 7) is 4.82. The van der Waals surface area contributed by atoms with Gasteiger partial charge < -0.3 is 9.84 Å². The number of rotatable bonds is 5. The first-order chi connectivity index (χ1) is 15.0. The standard InChI is InChI=1S/C26H30N2O3/c1-17-7-6-10-24(18(17)2)27-15-23-21-8-4-5-9-22(21)25(29)28(26(23)30)16-19-11-13-20(31-3)14-12-19/h4-5,8-9,11-15,17-18,24,30H,6-7,10,16H2,1-3H3/t17-,18-,24-/m1/s1. The summed E-state index contributed by atoms with van der Waals surface area (Å²) in [7, 11) is 1.62. The molecule has 0 aliphatic heterocycles. The topological polar surface area (TPSA) is 63.8 Å². The second-order valence-electron chi connectivity index (χ2n) is 8.64. The van der Waals surface area contributed by atoms with Crippen LogP contribution in [0.5, 0.6) is 11.6 Å². The van der Waals surface area contributed by atoms with Gasteiger partial charge in [-0.25, -0.2) is 0 Å². The lowest BCUT2D eigenvalue weighted by atomic mass is 9.78. The monoisotopic (exact) mass is 418 g/mol. The van der Waals surface area contributed by atoms with E-state index in [-0.39, 0.29) is 24.0 Å². The molecule has 2 aromatic carbocycles. The molecule has 1 aliphatic rings.